The first kappa shape index (κ1) is 9.99. The molecular weight excluding hydrogens is 169 g/mol. The van der Waals surface area contributed by atoms with Crippen LogP contribution in [0.15, 0.2) is 18.2 Å². The zero-order valence-corrected chi connectivity index (χ0v) is 8.08. The minimum absolute atomic E-state index is 0.302. The SMILES string of the molecule is CC(O)c1cccc(F)c1N(C)C. The van der Waals surface area contributed by atoms with E-state index < -0.39 is 6.10 Å². The number of hydrogen-bond acceptors (Lipinski definition) is 2. The molecule has 0 aliphatic rings. The highest BCUT2D eigenvalue weighted by molar-refractivity contribution is 5.54. The van der Waals surface area contributed by atoms with Gasteiger partial charge in [-0.3, -0.25) is 0 Å². The fourth-order valence-electron chi connectivity index (χ4n) is 1.34. The Balaban J connectivity index is 3.26. The van der Waals surface area contributed by atoms with Gasteiger partial charge in [-0.2, -0.15) is 0 Å². The third-order valence-electron chi connectivity index (χ3n) is 1.92. The quantitative estimate of drug-likeness (QED) is 0.757. The van der Waals surface area contributed by atoms with Gasteiger partial charge in [-0.15, -0.1) is 0 Å². The third kappa shape index (κ3) is 1.98. The number of benzene rings is 1. The molecule has 1 unspecified atom stereocenters. The molecule has 1 aromatic carbocycles. The highest BCUT2D eigenvalue weighted by Crippen LogP contribution is 2.27. The molecule has 1 atom stereocenters. The largest absolute Gasteiger partial charge is 0.389 e. The minimum Gasteiger partial charge on any atom is -0.389 e. The Bertz CT molecular complexity index is 297. The molecule has 0 aliphatic heterocycles. The second-order valence-corrected chi connectivity index (χ2v) is 3.25. The molecule has 72 valence electrons. The maximum absolute atomic E-state index is 13.3. The van der Waals surface area contributed by atoms with Gasteiger partial charge >= 0.3 is 0 Å². The zero-order valence-electron chi connectivity index (χ0n) is 8.08. The van der Waals surface area contributed by atoms with Crippen LogP contribution in [0.5, 0.6) is 0 Å². The summed E-state index contributed by atoms with van der Waals surface area (Å²) in [6, 6.07) is 4.72. The number of halogens is 1. The number of hydrogen-bond donors (Lipinski definition) is 1. The van der Waals surface area contributed by atoms with Crippen molar-refractivity contribution in [2.45, 2.75) is 13.0 Å². The van der Waals surface area contributed by atoms with Gasteiger partial charge in [0.25, 0.3) is 0 Å². The van der Waals surface area contributed by atoms with Gasteiger partial charge in [0, 0.05) is 19.7 Å². The number of rotatable bonds is 2. The lowest BCUT2D eigenvalue weighted by Crippen LogP contribution is -2.14. The number of aliphatic hydroxyl groups is 1. The van der Waals surface area contributed by atoms with Crippen LogP contribution < -0.4 is 4.90 Å². The van der Waals surface area contributed by atoms with E-state index in [4.69, 9.17) is 0 Å². The number of anilines is 1. The molecule has 1 aromatic rings. The summed E-state index contributed by atoms with van der Waals surface area (Å²) in [4.78, 5) is 1.66. The summed E-state index contributed by atoms with van der Waals surface area (Å²) in [7, 11) is 3.51. The first-order chi connectivity index (χ1) is 6.04. The van der Waals surface area contributed by atoms with Crippen LogP contribution in [0.4, 0.5) is 10.1 Å². The number of aliphatic hydroxyl groups excluding tert-OH is 1. The van der Waals surface area contributed by atoms with Crippen molar-refractivity contribution in [1.29, 1.82) is 0 Å². The van der Waals surface area contributed by atoms with Crippen molar-refractivity contribution in [2.24, 2.45) is 0 Å². The normalized spacial score (nSPS) is 12.7. The highest BCUT2D eigenvalue weighted by atomic mass is 19.1. The van der Waals surface area contributed by atoms with Gasteiger partial charge in [0.1, 0.15) is 5.82 Å². The lowest BCUT2D eigenvalue weighted by Gasteiger charge is -2.19. The summed E-state index contributed by atoms with van der Waals surface area (Å²) in [5.41, 5.74) is 1.07. The Morgan fingerprint density at radius 3 is 2.38 bits per heavy atom. The Hall–Kier alpha value is -1.09. The number of nitrogens with zero attached hydrogens (tertiary/aromatic N) is 1. The monoisotopic (exact) mass is 183 g/mol. The molecule has 0 radical (unpaired) electrons. The molecule has 0 fully saturated rings. The van der Waals surface area contributed by atoms with E-state index in [9.17, 15) is 9.50 Å². The summed E-state index contributed by atoms with van der Waals surface area (Å²) >= 11 is 0. The average Bonchev–Trinajstić information content (AvgIpc) is 2.02. The van der Waals surface area contributed by atoms with Gasteiger partial charge in [-0.25, -0.2) is 4.39 Å². The zero-order chi connectivity index (χ0) is 10.0. The van der Waals surface area contributed by atoms with Crippen LogP contribution in [-0.2, 0) is 0 Å². The van der Waals surface area contributed by atoms with Crippen molar-refractivity contribution >= 4 is 5.69 Å². The molecule has 0 heterocycles. The Kier molecular flexibility index (Phi) is 2.88. The summed E-state index contributed by atoms with van der Waals surface area (Å²) in [6.07, 6.45) is -0.645. The van der Waals surface area contributed by atoms with Crippen molar-refractivity contribution in [2.75, 3.05) is 19.0 Å². The van der Waals surface area contributed by atoms with Crippen LogP contribution in [0.1, 0.15) is 18.6 Å². The summed E-state index contributed by atoms with van der Waals surface area (Å²) in [6.45, 7) is 1.63. The summed E-state index contributed by atoms with van der Waals surface area (Å²) < 4.78 is 13.3. The topological polar surface area (TPSA) is 23.5 Å². The van der Waals surface area contributed by atoms with Gasteiger partial charge in [0.2, 0.25) is 0 Å². The Morgan fingerprint density at radius 2 is 2.00 bits per heavy atom. The molecule has 2 nitrogen and oxygen atoms in total. The molecular formula is C10H14FNO. The fourth-order valence-corrected chi connectivity index (χ4v) is 1.34. The molecule has 13 heavy (non-hydrogen) atoms. The molecule has 0 spiro atoms. The van der Waals surface area contributed by atoms with Crippen molar-refractivity contribution in [1.82, 2.24) is 0 Å². The van der Waals surface area contributed by atoms with E-state index in [2.05, 4.69) is 0 Å². The Labute approximate surface area is 77.6 Å². The Morgan fingerprint density at radius 1 is 1.38 bits per heavy atom. The smallest absolute Gasteiger partial charge is 0.146 e. The lowest BCUT2D eigenvalue weighted by atomic mass is 10.1. The molecule has 0 saturated carbocycles. The van der Waals surface area contributed by atoms with Crippen molar-refractivity contribution in [3.8, 4) is 0 Å². The maximum atomic E-state index is 13.3. The molecule has 0 saturated heterocycles. The first-order valence-electron chi connectivity index (χ1n) is 4.18. The van der Waals surface area contributed by atoms with Crippen LogP contribution >= 0.6 is 0 Å². The predicted molar refractivity (Wildman–Crippen MR) is 51.4 cm³/mol. The van der Waals surface area contributed by atoms with Crippen LogP contribution in [0, 0.1) is 5.82 Å². The molecule has 1 N–H and O–H groups in total. The molecule has 0 aliphatic carbocycles. The fraction of sp³-hybridized carbons (Fsp3) is 0.400. The molecule has 0 aromatic heterocycles. The van der Waals surface area contributed by atoms with E-state index in [1.165, 1.54) is 6.07 Å². The summed E-state index contributed by atoms with van der Waals surface area (Å²) in [5, 5.41) is 9.38. The van der Waals surface area contributed by atoms with Crippen LogP contribution in [-0.4, -0.2) is 19.2 Å². The van der Waals surface area contributed by atoms with Crippen molar-refractivity contribution in [3.63, 3.8) is 0 Å². The minimum atomic E-state index is -0.645. The van der Waals surface area contributed by atoms with E-state index in [0.29, 0.717) is 11.3 Å². The van der Waals surface area contributed by atoms with E-state index in [-0.39, 0.29) is 5.82 Å². The third-order valence-corrected chi connectivity index (χ3v) is 1.92. The van der Waals surface area contributed by atoms with Gasteiger partial charge in [0.05, 0.1) is 11.8 Å². The van der Waals surface area contributed by atoms with Crippen molar-refractivity contribution in [3.05, 3.63) is 29.6 Å². The molecule has 1 rings (SSSR count). The highest BCUT2D eigenvalue weighted by Gasteiger charge is 2.13. The lowest BCUT2D eigenvalue weighted by molar-refractivity contribution is 0.199. The van der Waals surface area contributed by atoms with Gasteiger partial charge in [0.15, 0.2) is 0 Å². The van der Waals surface area contributed by atoms with E-state index in [1.807, 2.05) is 0 Å². The van der Waals surface area contributed by atoms with E-state index in [1.54, 1.807) is 38.1 Å². The second kappa shape index (κ2) is 3.75. The molecule has 3 heteroatoms. The van der Waals surface area contributed by atoms with Crippen LogP contribution in [0.3, 0.4) is 0 Å². The van der Waals surface area contributed by atoms with Crippen molar-refractivity contribution < 1.29 is 9.50 Å². The average molecular weight is 183 g/mol. The van der Waals surface area contributed by atoms with Gasteiger partial charge < -0.3 is 10.0 Å². The standard InChI is InChI=1S/C10H14FNO/c1-7(13)8-5-4-6-9(11)10(8)12(2)3/h4-7,13H,1-3H3. The van der Waals surface area contributed by atoms with Gasteiger partial charge in [-0.1, -0.05) is 12.1 Å². The maximum Gasteiger partial charge on any atom is 0.146 e. The summed E-state index contributed by atoms with van der Waals surface area (Å²) in [5.74, 6) is -0.302. The van der Waals surface area contributed by atoms with E-state index in [0.717, 1.165) is 0 Å². The number of para-hydroxylation sites is 1. The predicted octanol–water partition coefficient (Wildman–Crippen LogP) is 1.94. The van der Waals surface area contributed by atoms with E-state index >= 15 is 0 Å². The second-order valence-electron chi connectivity index (χ2n) is 3.25. The first-order valence-corrected chi connectivity index (χ1v) is 4.18. The van der Waals surface area contributed by atoms with Crippen LogP contribution in [0.2, 0.25) is 0 Å². The molecule has 0 bridgehead atoms. The van der Waals surface area contributed by atoms with Gasteiger partial charge in [-0.05, 0) is 13.0 Å². The molecule has 0 amide bonds. The van der Waals surface area contributed by atoms with Crippen LogP contribution in [0.25, 0.3) is 0 Å².